The van der Waals surface area contributed by atoms with Crippen LogP contribution >= 0.6 is 0 Å². The number of nitrogens with zero attached hydrogens (tertiary/aromatic N) is 2. The van der Waals surface area contributed by atoms with Crippen molar-refractivity contribution in [2.45, 2.75) is 31.5 Å². The van der Waals surface area contributed by atoms with Crippen LogP contribution in [-0.4, -0.2) is 50.9 Å². The number of benzene rings is 1. The highest BCUT2D eigenvalue weighted by atomic mass is 32.2. The van der Waals surface area contributed by atoms with E-state index in [0.717, 1.165) is 7.11 Å². The van der Waals surface area contributed by atoms with E-state index in [0.29, 0.717) is 0 Å². The monoisotopic (exact) mass is 396 g/mol. The van der Waals surface area contributed by atoms with E-state index < -0.39 is 34.0 Å². The van der Waals surface area contributed by atoms with Gasteiger partial charge in [0.25, 0.3) is 0 Å². The zero-order valence-electron chi connectivity index (χ0n) is 14.4. The fourth-order valence-electron chi connectivity index (χ4n) is 2.58. The number of anilines is 1. The van der Waals surface area contributed by atoms with Crippen LogP contribution in [0.15, 0.2) is 24.3 Å². The van der Waals surface area contributed by atoms with E-state index in [-0.39, 0.29) is 28.6 Å². The molecule has 26 heavy (non-hydrogen) atoms. The molecule has 0 bridgehead atoms. The summed E-state index contributed by atoms with van der Waals surface area (Å²) in [5.74, 6) is 0. The molecule has 0 atom stereocenters. The first-order chi connectivity index (χ1) is 11.9. The van der Waals surface area contributed by atoms with Crippen LogP contribution in [0.5, 0.6) is 0 Å². The van der Waals surface area contributed by atoms with Crippen molar-refractivity contribution in [1.82, 2.24) is 4.90 Å². The van der Waals surface area contributed by atoms with Gasteiger partial charge >= 0.3 is 21.6 Å². The number of para-hydroxylation sites is 1. The van der Waals surface area contributed by atoms with E-state index in [9.17, 15) is 26.4 Å². The number of halogens is 3. The molecule has 0 aliphatic carbocycles. The van der Waals surface area contributed by atoms with Crippen molar-refractivity contribution in [3.63, 3.8) is 0 Å². The molecule has 2 rings (SSSR count). The highest BCUT2D eigenvalue weighted by Crippen LogP contribution is 2.34. The van der Waals surface area contributed by atoms with Crippen LogP contribution < -0.4 is 4.31 Å². The SMILES string of the molecule is COCN(c1ccccc1CN1CC(C)(C)OC1=O)S(=O)(=O)C(F)(F)F. The molecule has 0 spiro atoms. The van der Waals surface area contributed by atoms with E-state index >= 15 is 0 Å². The van der Waals surface area contributed by atoms with Crippen LogP contribution in [0.1, 0.15) is 19.4 Å². The molecule has 1 aliphatic rings. The Labute approximate surface area is 149 Å². The third kappa shape index (κ3) is 4.04. The van der Waals surface area contributed by atoms with Gasteiger partial charge in [-0.3, -0.25) is 4.90 Å². The first kappa shape index (κ1) is 20.3. The zero-order chi connectivity index (χ0) is 19.8. The smallest absolute Gasteiger partial charge is 0.441 e. The lowest BCUT2D eigenvalue weighted by molar-refractivity contribution is -0.0443. The number of alkyl halides is 3. The van der Waals surface area contributed by atoms with Gasteiger partial charge in [0.05, 0.1) is 18.8 Å². The van der Waals surface area contributed by atoms with Gasteiger partial charge in [0.15, 0.2) is 0 Å². The quantitative estimate of drug-likeness (QED) is 0.691. The van der Waals surface area contributed by atoms with Crippen molar-refractivity contribution in [1.29, 1.82) is 0 Å². The molecule has 1 amide bonds. The minimum absolute atomic E-state index is 0.105. The number of sulfonamides is 1. The predicted octanol–water partition coefficient (Wildman–Crippen LogP) is 2.68. The summed E-state index contributed by atoms with van der Waals surface area (Å²) >= 11 is 0. The summed E-state index contributed by atoms with van der Waals surface area (Å²) in [6.07, 6.45) is -0.623. The molecule has 7 nitrogen and oxygen atoms in total. The number of cyclic esters (lactones) is 1. The molecule has 0 saturated carbocycles. The molecule has 1 saturated heterocycles. The maximum Gasteiger partial charge on any atom is 0.516 e. The Morgan fingerprint density at radius 1 is 1.31 bits per heavy atom. The lowest BCUT2D eigenvalue weighted by atomic mass is 10.1. The summed E-state index contributed by atoms with van der Waals surface area (Å²) in [6, 6.07) is 5.61. The van der Waals surface area contributed by atoms with E-state index in [1.54, 1.807) is 13.8 Å². The van der Waals surface area contributed by atoms with E-state index in [2.05, 4.69) is 4.74 Å². The summed E-state index contributed by atoms with van der Waals surface area (Å²) in [4.78, 5) is 13.2. The Balaban J connectivity index is 2.42. The Morgan fingerprint density at radius 3 is 2.42 bits per heavy atom. The Bertz CT molecular complexity index is 780. The van der Waals surface area contributed by atoms with Crippen molar-refractivity contribution in [3.8, 4) is 0 Å². The Hall–Kier alpha value is -2.01. The van der Waals surface area contributed by atoms with Crippen molar-refractivity contribution in [2.75, 3.05) is 24.7 Å². The lowest BCUT2D eigenvalue weighted by Gasteiger charge is -2.27. The molecule has 11 heteroatoms. The Morgan fingerprint density at radius 2 is 1.92 bits per heavy atom. The highest BCUT2D eigenvalue weighted by molar-refractivity contribution is 7.93. The third-order valence-corrected chi connectivity index (χ3v) is 5.11. The first-order valence-corrected chi connectivity index (χ1v) is 8.97. The molecule has 1 fully saturated rings. The van der Waals surface area contributed by atoms with E-state index in [4.69, 9.17) is 4.74 Å². The second kappa shape index (κ2) is 6.95. The molecule has 1 aliphatic heterocycles. The van der Waals surface area contributed by atoms with Crippen LogP contribution in [-0.2, 0) is 26.0 Å². The summed E-state index contributed by atoms with van der Waals surface area (Å²) in [6.45, 7) is 2.68. The molecule has 0 N–H and O–H groups in total. The van der Waals surface area contributed by atoms with Gasteiger partial charge in [-0.1, -0.05) is 18.2 Å². The number of carbonyl (C=O) groups excluding carboxylic acids is 1. The van der Waals surface area contributed by atoms with Crippen LogP contribution in [0.4, 0.5) is 23.7 Å². The summed E-state index contributed by atoms with van der Waals surface area (Å²) in [5, 5.41) is 0. The minimum atomic E-state index is -5.67. The summed E-state index contributed by atoms with van der Waals surface area (Å²) in [5.41, 5.74) is -6.24. The van der Waals surface area contributed by atoms with Crippen LogP contribution in [0, 0.1) is 0 Å². The summed E-state index contributed by atoms with van der Waals surface area (Å²) in [7, 11) is -4.59. The second-order valence-electron chi connectivity index (χ2n) is 6.33. The molecule has 0 aromatic heterocycles. The van der Waals surface area contributed by atoms with Gasteiger partial charge in [0.1, 0.15) is 12.3 Å². The Kier molecular flexibility index (Phi) is 5.43. The van der Waals surface area contributed by atoms with Crippen molar-refractivity contribution in [3.05, 3.63) is 29.8 Å². The standard InChI is InChI=1S/C15H19F3N2O5S/c1-14(2)9-19(13(21)25-14)8-11-6-4-5-7-12(11)20(10-24-3)26(22,23)15(16,17)18/h4-7H,8-10H2,1-3H3. The van der Waals surface area contributed by atoms with Gasteiger partial charge in [0.2, 0.25) is 0 Å². The number of carbonyl (C=O) groups is 1. The average molecular weight is 396 g/mol. The number of methoxy groups -OCH3 is 1. The minimum Gasteiger partial charge on any atom is -0.441 e. The number of ether oxygens (including phenoxy) is 2. The van der Waals surface area contributed by atoms with Gasteiger partial charge < -0.3 is 9.47 Å². The maximum atomic E-state index is 13.0. The maximum absolute atomic E-state index is 13.0. The average Bonchev–Trinajstić information content (AvgIpc) is 2.76. The zero-order valence-corrected chi connectivity index (χ0v) is 15.2. The second-order valence-corrected chi connectivity index (χ2v) is 8.18. The molecular formula is C15H19F3N2O5S. The van der Waals surface area contributed by atoms with E-state index in [1.165, 1.54) is 29.2 Å². The number of rotatable bonds is 6. The first-order valence-electron chi connectivity index (χ1n) is 7.53. The number of amides is 1. The molecule has 0 radical (unpaired) electrons. The molecular weight excluding hydrogens is 377 g/mol. The predicted molar refractivity (Wildman–Crippen MR) is 86.7 cm³/mol. The van der Waals surface area contributed by atoms with E-state index in [1.807, 2.05) is 0 Å². The van der Waals surface area contributed by atoms with Crippen LogP contribution in [0.25, 0.3) is 0 Å². The normalized spacial score (nSPS) is 17.3. The highest BCUT2D eigenvalue weighted by Gasteiger charge is 2.51. The fraction of sp³-hybridized carbons (Fsp3) is 0.533. The molecule has 0 unspecified atom stereocenters. The van der Waals surface area contributed by atoms with Gasteiger partial charge in [-0.05, 0) is 25.5 Å². The number of hydrogen-bond donors (Lipinski definition) is 0. The van der Waals surface area contributed by atoms with Gasteiger partial charge in [0, 0.05) is 7.11 Å². The fourth-order valence-corrected chi connectivity index (χ4v) is 3.51. The lowest BCUT2D eigenvalue weighted by Crippen LogP contribution is -2.42. The van der Waals surface area contributed by atoms with Crippen molar-refractivity contribution >= 4 is 21.8 Å². The topological polar surface area (TPSA) is 76.2 Å². The van der Waals surface area contributed by atoms with Crippen LogP contribution in [0.2, 0.25) is 0 Å². The van der Waals surface area contributed by atoms with Crippen molar-refractivity contribution < 1.29 is 35.9 Å². The van der Waals surface area contributed by atoms with Crippen molar-refractivity contribution in [2.24, 2.45) is 0 Å². The molecule has 1 heterocycles. The molecule has 1 aromatic rings. The third-order valence-electron chi connectivity index (χ3n) is 3.64. The summed E-state index contributed by atoms with van der Waals surface area (Å²) < 4.78 is 72.8. The van der Waals surface area contributed by atoms with Gasteiger partial charge in [-0.15, -0.1) is 0 Å². The molecule has 146 valence electrons. The van der Waals surface area contributed by atoms with Gasteiger partial charge in [-0.2, -0.15) is 21.6 Å². The molecule has 1 aromatic carbocycles. The van der Waals surface area contributed by atoms with Crippen LogP contribution in [0.3, 0.4) is 0 Å². The number of hydrogen-bond acceptors (Lipinski definition) is 5. The largest absolute Gasteiger partial charge is 0.516 e. The van der Waals surface area contributed by atoms with Gasteiger partial charge in [-0.25, -0.2) is 9.10 Å².